The van der Waals surface area contributed by atoms with Gasteiger partial charge in [-0.1, -0.05) is 42.3 Å². The van der Waals surface area contributed by atoms with Crippen molar-refractivity contribution in [2.24, 2.45) is 5.73 Å². The molecule has 0 aromatic heterocycles. The smallest absolute Gasteiger partial charge is 0.338 e. The first-order valence-corrected chi connectivity index (χ1v) is 9.55. The summed E-state index contributed by atoms with van der Waals surface area (Å²) in [7, 11) is -5.52. The van der Waals surface area contributed by atoms with Gasteiger partial charge < -0.3 is 19.4 Å². The van der Waals surface area contributed by atoms with Crippen molar-refractivity contribution in [3.63, 3.8) is 0 Å². The minimum atomic E-state index is -5.52. The summed E-state index contributed by atoms with van der Waals surface area (Å²) < 4.78 is 95.2. The first-order valence-electron chi connectivity index (χ1n) is 11.6. The fraction of sp³-hybridized carbons (Fsp3) is 0.200. The van der Waals surface area contributed by atoms with Gasteiger partial charge >= 0.3 is 16.1 Å². The van der Waals surface area contributed by atoms with Gasteiger partial charge in [0.1, 0.15) is 5.70 Å². The first kappa shape index (κ1) is 13.0. The fourth-order valence-electron chi connectivity index (χ4n) is 2.34. The zero-order valence-electron chi connectivity index (χ0n) is 21.9. The van der Waals surface area contributed by atoms with Crippen molar-refractivity contribution in [3.8, 4) is 0 Å². The third-order valence-electron chi connectivity index (χ3n) is 3.58. The van der Waals surface area contributed by atoms with E-state index < -0.39 is 81.1 Å². The van der Waals surface area contributed by atoms with E-state index in [0.717, 1.165) is 0 Å². The van der Waals surface area contributed by atoms with Gasteiger partial charge in [-0.15, -0.1) is 0 Å². The van der Waals surface area contributed by atoms with Gasteiger partial charge in [0.15, 0.2) is 6.10 Å². The number of ether oxygens (including phenoxy) is 2. The number of Topliss-reactive ketones (excluding diaryl/α,β-unsaturated/α-hetero) is 1. The second-order valence-corrected chi connectivity index (χ2v) is 6.82. The lowest BCUT2D eigenvalue weighted by atomic mass is 10.0. The van der Waals surface area contributed by atoms with Crippen LogP contribution in [0, 0.1) is 0 Å². The highest BCUT2D eigenvalue weighted by atomic mass is 32.2. The Labute approximate surface area is 177 Å². The predicted octanol–water partition coefficient (Wildman–Crippen LogP) is 2.18. The Hall–Kier alpha value is -3.33. The summed E-state index contributed by atoms with van der Waals surface area (Å²) in [4.78, 5) is 24.6. The molecule has 0 saturated carbocycles. The summed E-state index contributed by atoms with van der Waals surface area (Å²) in [5.74, 6) is -3.52. The Morgan fingerprint density at radius 3 is 2.52 bits per heavy atom. The number of benzene rings is 2. The molecule has 1 atom stereocenters. The van der Waals surface area contributed by atoms with E-state index in [1.54, 1.807) is 6.92 Å². The fourth-order valence-corrected chi connectivity index (χ4v) is 3.12. The van der Waals surface area contributed by atoms with Crippen LogP contribution in [0.15, 0.2) is 66.1 Å². The van der Waals surface area contributed by atoms with E-state index in [2.05, 4.69) is 4.18 Å². The monoisotopic (exact) mass is 424 g/mol. The molecule has 0 amide bonds. The largest absolute Gasteiger partial charge is 0.462 e. The van der Waals surface area contributed by atoms with Crippen LogP contribution in [0.2, 0.25) is 0 Å². The van der Waals surface area contributed by atoms with E-state index in [1.807, 2.05) is 0 Å². The van der Waals surface area contributed by atoms with Gasteiger partial charge in [-0.2, -0.15) is 8.42 Å². The number of carbonyl (C=O) groups excluding carboxylic acids is 2. The summed E-state index contributed by atoms with van der Waals surface area (Å²) in [6.45, 7) is 1.78. The van der Waals surface area contributed by atoms with Gasteiger partial charge in [0.05, 0.1) is 21.8 Å². The van der Waals surface area contributed by atoms with Gasteiger partial charge in [0, 0.05) is 5.56 Å². The van der Waals surface area contributed by atoms with Crippen LogP contribution in [0.5, 0.6) is 0 Å². The topological polar surface area (TPSA) is 122 Å². The number of hydrogen-bond acceptors (Lipinski definition) is 8. The average Bonchev–Trinajstić information content (AvgIpc) is 3.09. The molecule has 3 rings (SSSR count). The molecule has 0 aliphatic carbocycles. The van der Waals surface area contributed by atoms with Gasteiger partial charge in [-0.3, -0.25) is 4.79 Å². The van der Waals surface area contributed by atoms with Crippen LogP contribution in [0.1, 0.15) is 44.1 Å². The minimum absolute atomic E-state index is 0.150. The van der Waals surface area contributed by atoms with Gasteiger partial charge in [-0.25, -0.2) is 4.79 Å². The lowest BCUT2D eigenvalue weighted by Crippen LogP contribution is -2.16. The summed E-state index contributed by atoms with van der Waals surface area (Å²) >= 11 is 0. The van der Waals surface area contributed by atoms with Crippen molar-refractivity contribution in [2.45, 2.75) is 18.7 Å². The standard InChI is InChI=1S/C20H19NO7S/c1-2-26-20(23)15-10-8-14(9-11-15)17-16(22)18(19(21)27-17)28-29(24,25)12-13-6-4-3-5-7-13/h3-11,17H,2,12,21H2,1H3/i3D,4D,5D,6D,7D,12D2. The lowest BCUT2D eigenvalue weighted by Gasteiger charge is -2.10. The third kappa shape index (κ3) is 4.75. The molecule has 9 heteroatoms. The summed E-state index contributed by atoms with van der Waals surface area (Å²) in [5.41, 5.74) is 1.08. The Kier molecular flexibility index (Phi) is 3.75. The number of esters is 1. The quantitative estimate of drug-likeness (QED) is 0.530. The third-order valence-corrected chi connectivity index (χ3v) is 4.42. The van der Waals surface area contributed by atoms with Crippen molar-refractivity contribution in [1.29, 1.82) is 0 Å². The highest BCUT2D eigenvalue weighted by Crippen LogP contribution is 2.32. The van der Waals surface area contributed by atoms with Crippen LogP contribution in [0.25, 0.3) is 0 Å². The molecular formula is C20H19NO7S. The van der Waals surface area contributed by atoms with E-state index in [1.165, 1.54) is 24.3 Å². The molecule has 2 N–H and O–H groups in total. The molecule has 29 heavy (non-hydrogen) atoms. The minimum Gasteiger partial charge on any atom is -0.462 e. The predicted molar refractivity (Wildman–Crippen MR) is 103 cm³/mol. The van der Waals surface area contributed by atoms with Crippen LogP contribution in [0.3, 0.4) is 0 Å². The maximum atomic E-state index is 12.9. The average molecular weight is 424 g/mol. The second kappa shape index (κ2) is 8.36. The van der Waals surface area contributed by atoms with Crippen molar-refractivity contribution in [2.75, 3.05) is 6.61 Å². The Morgan fingerprint density at radius 2 is 1.90 bits per heavy atom. The van der Waals surface area contributed by atoms with E-state index in [-0.39, 0.29) is 17.7 Å². The molecule has 0 spiro atoms. The number of hydrogen-bond donors (Lipinski definition) is 1. The number of nitrogens with two attached hydrogens (primary N) is 1. The van der Waals surface area contributed by atoms with Crippen LogP contribution >= 0.6 is 0 Å². The molecule has 2 aromatic carbocycles. The zero-order chi connectivity index (χ0) is 27.2. The van der Waals surface area contributed by atoms with Crippen LogP contribution < -0.4 is 5.73 Å². The van der Waals surface area contributed by atoms with E-state index >= 15 is 0 Å². The van der Waals surface area contributed by atoms with Crippen molar-refractivity contribution >= 4 is 21.9 Å². The number of carbonyl (C=O) groups is 2. The van der Waals surface area contributed by atoms with Crippen LogP contribution in [0.4, 0.5) is 0 Å². The zero-order valence-corrected chi connectivity index (χ0v) is 15.8. The van der Waals surface area contributed by atoms with Crippen molar-refractivity contribution < 1.29 is 41.3 Å². The number of rotatable bonds is 7. The molecule has 0 fully saturated rings. The van der Waals surface area contributed by atoms with Crippen molar-refractivity contribution in [3.05, 3.63) is 82.8 Å². The molecular weight excluding hydrogens is 398 g/mol. The Bertz CT molecular complexity index is 1360. The maximum absolute atomic E-state index is 12.9. The summed E-state index contributed by atoms with van der Waals surface area (Å²) in [6.07, 6.45) is -1.47. The molecule has 152 valence electrons. The molecule has 8 nitrogen and oxygen atoms in total. The Balaban J connectivity index is 1.92. The molecule has 0 saturated heterocycles. The molecule has 1 unspecified atom stereocenters. The van der Waals surface area contributed by atoms with Crippen molar-refractivity contribution in [1.82, 2.24) is 0 Å². The van der Waals surface area contributed by atoms with Gasteiger partial charge in [0.2, 0.25) is 17.4 Å². The molecule has 1 aliphatic rings. The molecule has 0 radical (unpaired) electrons. The van der Waals surface area contributed by atoms with Gasteiger partial charge in [0.25, 0.3) is 0 Å². The maximum Gasteiger partial charge on any atom is 0.338 e. The van der Waals surface area contributed by atoms with E-state index in [4.69, 9.17) is 24.8 Å². The number of ketones is 1. The van der Waals surface area contributed by atoms with Crippen LogP contribution in [-0.4, -0.2) is 26.8 Å². The molecule has 0 bridgehead atoms. The molecule has 2 aromatic rings. The SMILES string of the molecule is [2H]c1c([2H])c([2H])c(C([2H])([2H])S(=O)(=O)OC2=C(N)OC(c3ccc(C(=O)OCC)cc3)C2=O)c([2H])c1[2H]. The lowest BCUT2D eigenvalue weighted by molar-refractivity contribution is -0.123. The van der Waals surface area contributed by atoms with Gasteiger partial charge in [-0.05, 0) is 24.6 Å². The Morgan fingerprint density at radius 1 is 1.24 bits per heavy atom. The first-order chi connectivity index (χ1) is 16.7. The second-order valence-electron chi connectivity index (χ2n) is 5.54. The molecule has 1 aliphatic heterocycles. The summed E-state index contributed by atoms with van der Waals surface area (Å²) in [6, 6.07) is 0.371. The normalized spacial score (nSPS) is 20.4. The van der Waals surface area contributed by atoms with Crippen LogP contribution in [-0.2, 0) is 34.3 Å². The van der Waals surface area contributed by atoms with E-state index in [0.29, 0.717) is 0 Å². The highest BCUT2D eigenvalue weighted by Gasteiger charge is 2.39. The summed E-state index contributed by atoms with van der Waals surface area (Å²) in [5, 5.41) is 0. The highest BCUT2D eigenvalue weighted by molar-refractivity contribution is 7.86. The molecule has 1 heterocycles. The van der Waals surface area contributed by atoms with E-state index in [9.17, 15) is 18.0 Å².